The molecule has 8 heteroatoms. The van der Waals surface area contributed by atoms with E-state index in [1.54, 1.807) is 24.3 Å². The summed E-state index contributed by atoms with van der Waals surface area (Å²) in [5.41, 5.74) is 9.59. The molecule has 0 aliphatic carbocycles. The zero-order valence-electron chi connectivity index (χ0n) is 11.4. The summed E-state index contributed by atoms with van der Waals surface area (Å²) in [5.74, 6) is 7.08. The lowest BCUT2D eigenvalue weighted by atomic mass is 10.1. The molecule has 5 N–H and O–H groups in total. The van der Waals surface area contributed by atoms with E-state index < -0.39 is 0 Å². The molecular formula is C11H20N8. The van der Waals surface area contributed by atoms with Crippen LogP contribution in [0, 0.1) is 0 Å². The van der Waals surface area contributed by atoms with Crippen LogP contribution in [0.1, 0.15) is 37.3 Å². The summed E-state index contributed by atoms with van der Waals surface area (Å²) in [6, 6.07) is 0.109. The molecule has 2 aromatic heterocycles. The van der Waals surface area contributed by atoms with Gasteiger partial charge in [-0.1, -0.05) is 0 Å². The molecule has 0 radical (unpaired) electrons. The molecular weight excluding hydrogens is 244 g/mol. The molecule has 0 aromatic carbocycles. The van der Waals surface area contributed by atoms with Crippen LogP contribution < -0.4 is 17.0 Å². The number of hydrogen-bond donors (Lipinski definition) is 3. The van der Waals surface area contributed by atoms with Crippen LogP contribution in [0.15, 0.2) is 12.5 Å². The summed E-state index contributed by atoms with van der Waals surface area (Å²) in [5, 5.41) is 8.33. The van der Waals surface area contributed by atoms with Gasteiger partial charge in [-0.15, -0.1) is 0 Å². The Morgan fingerprint density at radius 2 is 2.11 bits per heavy atom. The molecule has 2 heterocycles. The first kappa shape index (κ1) is 13.5. The minimum Gasteiger partial charge on any atom is -0.384 e. The van der Waals surface area contributed by atoms with Gasteiger partial charge >= 0.3 is 0 Å². The van der Waals surface area contributed by atoms with E-state index in [-0.39, 0.29) is 12.1 Å². The number of nitrogens with zero attached hydrogens (tertiary/aromatic N) is 5. The largest absolute Gasteiger partial charge is 0.384 e. The van der Waals surface area contributed by atoms with Crippen molar-refractivity contribution < 1.29 is 0 Å². The van der Waals surface area contributed by atoms with Crippen molar-refractivity contribution in [2.45, 2.75) is 32.4 Å². The summed E-state index contributed by atoms with van der Waals surface area (Å²) >= 11 is 0. The van der Waals surface area contributed by atoms with Crippen molar-refractivity contribution in [1.29, 1.82) is 0 Å². The zero-order chi connectivity index (χ0) is 14.0. The SMILES string of the molecule is CC(C)n1ncnc1CC(NN)c1cnn(C)c1N. The van der Waals surface area contributed by atoms with E-state index in [0.29, 0.717) is 12.2 Å². The maximum Gasteiger partial charge on any atom is 0.138 e. The molecule has 8 nitrogen and oxygen atoms in total. The lowest BCUT2D eigenvalue weighted by Crippen LogP contribution is -2.31. The van der Waals surface area contributed by atoms with Gasteiger partial charge in [-0.3, -0.25) is 16.0 Å². The standard InChI is InChI=1S/C11H20N8/c1-7(2)19-10(14-6-16-19)4-9(17-13)8-5-15-18(3)11(8)12/h5-7,9,17H,4,12-13H2,1-3H3. The Morgan fingerprint density at radius 3 is 2.63 bits per heavy atom. The van der Waals surface area contributed by atoms with Crippen molar-refractivity contribution in [3.8, 4) is 0 Å². The fourth-order valence-corrected chi connectivity index (χ4v) is 2.03. The second kappa shape index (κ2) is 5.37. The van der Waals surface area contributed by atoms with Crippen molar-refractivity contribution in [2.75, 3.05) is 5.73 Å². The molecule has 0 aliphatic rings. The Hall–Kier alpha value is -1.93. The van der Waals surface area contributed by atoms with E-state index in [2.05, 4.69) is 34.5 Å². The van der Waals surface area contributed by atoms with Gasteiger partial charge in [0.25, 0.3) is 0 Å². The molecule has 0 spiro atoms. The molecule has 104 valence electrons. The van der Waals surface area contributed by atoms with Crippen molar-refractivity contribution >= 4 is 5.82 Å². The summed E-state index contributed by atoms with van der Waals surface area (Å²) < 4.78 is 3.49. The number of nitrogens with two attached hydrogens (primary N) is 2. The Morgan fingerprint density at radius 1 is 1.37 bits per heavy atom. The normalized spacial score (nSPS) is 13.1. The molecule has 0 amide bonds. The highest BCUT2D eigenvalue weighted by Gasteiger charge is 2.20. The highest BCUT2D eigenvalue weighted by molar-refractivity contribution is 5.41. The molecule has 1 unspecified atom stereocenters. The molecule has 0 saturated carbocycles. The molecule has 2 rings (SSSR count). The van der Waals surface area contributed by atoms with Gasteiger partial charge in [0.05, 0.1) is 12.2 Å². The smallest absolute Gasteiger partial charge is 0.138 e. The van der Waals surface area contributed by atoms with Crippen molar-refractivity contribution in [2.24, 2.45) is 12.9 Å². The van der Waals surface area contributed by atoms with Crippen LogP contribution in [0.2, 0.25) is 0 Å². The highest BCUT2D eigenvalue weighted by atomic mass is 15.4. The monoisotopic (exact) mass is 264 g/mol. The number of rotatable bonds is 5. The van der Waals surface area contributed by atoms with Gasteiger partial charge < -0.3 is 5.73 Å². The molecule has 19 heavy (non-hydrogen) atoms. The second-order valence-electron chi connectivity index (χ2n) is 4.75. The third-order valence-electron chi connectivity index (χ3n) is 3.11. The predicted molar refractivity (Wildman–Crippen MR) is 71.8 cm³/mol. The van der Waals surface area contributed by atoms with Crippen LogP contribution in [0.25, 0.3) is 0 Å². The molecule has 1 atom stereocenters. The average Bonchev–Trinajstić information content (AvgIpc) is 2.96. The van der Waals surface area contributed by atoms with Crippen molar-refractivity contribution in [3.63, 3.8) is 0 Å². The Kier molecular flexibility index (Phi) is 3.82. The highest BCUT2D eigenvalue weighted by Crippen LogP contribution is 2.22. The third kappa shape index (κ3) is 2.59. The van der Waals surface area contributed by atoms with Crippen LogP contribution in [-0.2, 0) is 13.5 Å². The average molecular weight is 264 g/mol. The van der Waals surface area contributed by atoms with E-state index in [4.69, 9.17) is 11.6 Å². The van der Waals surface area contributed by atoms with Gasteiger partial charge in [-0.25, -0.2) is 9.67 Å². The quantitative estimate of drug-likeness (QED) is 0.514. The number of anilines is 1. The first-order chi connectivity index (χ1) is 9.04. The minimum atomic E-state index is -0.143. The van der Waals surface area contributed by atoms with Crippen molar-refractivity contribution in [1.82, 2.24) is 30.0 Å². The van der Waals surface area contributed by atoms with Gasteiger partial charge in [0.1, 0.15) is 18.0 Å². The fourth-order valence-electron chi connectivity index (χ4n) is 2.03. The number of nitrogens with one attached hydrogen (secondary N) is 1. The maximum atomic E-state index is 5.97. The van der Waals surface area contributed by atoms with E-state index in [0.717, 1.165) is 11.4 Å². The third-order valence-corrected chi connectivity index (χ3v) is 3.11. The molecule has 0 bridgehead atoms. The number of aryl methyl sites for hydroxylation is 1. The fraction of sp³-hybridized carbons (Fsp3) is 0.545. The summed E-state index contributed by atoms with van der Waals surface area (Å²) in [4.78, 5) is 4.28. The first-order valence-corrected chi connectivity index (χ1v) is 6.16. The summed E-state index contributed by atoms with van der Waals surface area (Å²) in [6.45, 7) is 4.11. The maximum absolute atomic E-state index is 5.97. The molecule has 0 aliphatic heterocycles. The number of hydrogen-bond acceptors (Lipinski definition) is 6. The van der Waals surface area contributed by atoms with Gasteiger partial charge in [-0.05, 0) is 13.8 Å². The van der Waals surface area contributed by atoms with Crippen LogP contribution >= 0.6 is 0 Å². The Labute approximate surface area is 111 Å². The predicted octanol–water partition coefficient (Wildman–Crippen LogP) is -0.0782. The van der Waals surface area contributed by atoms with E-state index in [1.165, 1.54) is 0 Å². The van der Waals surface area contributed by atoms with E-state index in [1.807, 2.05) is 4.68 Å². The first-order valence-electron chi connectivity index (χ1n) is 6.16. The summed E-state index contributed by atoms with van der Waals surface area (Å²) in [7, 11) is 1.79. The summed E-state index contributed by atoms with van der Waals surface area (Å²) in [6.07, 6.45) is 3.87. The molecule has 2 aromatic rings. The second-order valence-corrected chi connectivity index (χ2v) is 4.75. The topological polar surface area (TPSA) is 113 Å². The van der Waals surface area contributed by atoms with Crippen LogP contribution in [0.5, 0.6) is 0 Å². The van der Waals surface area contributed by atoms with E-state index >= 15 is 0 Å². The Bertz CT molecular complexity index is 541. The van der Waals surface area contributed by atoms with Gasteiger partial charge in [0.15, 0.2) is 0 Å². The van der Waals surface area contributed by atoms with E-state index in [9.17, 15) is 0 Å². The lowest BCUT2D eigenvalue weighted by Gasteiger charge is -2.16. The molecule has 0 fully saturated rings. The van der Waals surface area contributed by atoms with Crippen LogP contribution in [0.4, 0.5) is 5.82 Å². The van der Waals surface area contributed by atoms with Crippen LogP contribution in [0.3, 0.4) is 0 Å². The van der Waals surface area contributed by atoms with Gasteiger partial charge in [0, 0.05) is 25.1 Å². The molecule has 0 saturated heterocycles. The van der Waals surface area contributed by atoms with Gasteiger partial charge in [0.2, 0.25) is 0 Å². The Balaban J connectivity index is 2.24. The number of nitrogen functional groups attached to an aromatic ring is 1. The minimum absolute atomic E-state index is 0.143. The van der Waals surface area contributed by atoms with Crippen LogP contribution in [-0.4, -0.2) is 24.5 Å². The lowest BCUT2D eigenvalue weighted by molar-refractivity contribution is 0.469. The number of hydrazine groups is 1. The van der Waals surface area contributed by atoms with Gasteiger partial charge in [-0.2, -0.15) is 10.2 Å². The zero-order valence-corrected chi connectivity index (χ0v) is 11.4. The number of aromatic nitrogens is 5. The van der Waals surface area contributed by atoms with Crippen molar-refractivity contribution in [3.05, 3.63) is 23.9 Å².